The Kier molecular flexibility index (Phi) is 4.70. The van der Waals surface area contributed by atoms with E-state index in [9.17, 15) is 0 Å². The first kappa shape index (κ1) is 16.5. The Morgan fingerprint density at radius 2 is 2.04 bits per heavy atom. The van der Waals surface area contributed by atoms with Gasteiger partial charge < -0.3 is 10.5 Å². The molecule has 0 amide bonds. The Labute approximate surface area is 152 Å². The molecule has 0 spiro atoms. The number of thiazole rings is 1. The van der Waals surface area contributed by atoms with Gasteiger partial charge in [-0.1, -0.05) is 30.3 Å². The van der Waals surface area contributed by atoms with Crippen LogP contribution in [0.2, 0.25) is 0 Å². The van der Waals surface area contributed by atoms with Gasteiger partial charge >= 0.3 is 0 Å². The fourth-order valence-corrected chi connectivity index (χ4v) is 4.78. The highest BCUT2D eigenvalue weighted by Gasteiger charge is 2.33. The number of ether oxygens (including phenoxy) is 1. The molecule has 0 saturated carbocycles. The zero-order valence-corrected chi connectivity index (χ0v) is 15.2. The van der Waals surface area contributed by atoms with Crippen molar-refractivity contribution in [3.8, 4) is 5.75 Å². The van der Waals surface area contributed by atoms with Crippen LogP contribution in [0, 0.1) is 5.92 Å². The maximum absolute atomic E-state index is 6.06. The number of rotatable bonds is 5. The van der Waals surface area contributed by atoms with Crippen LogP contribution in [0.15, 0.2) is 48.5 Å². The van der Waals surface area contributed by atoms with Crippen molar-refractivity contribution in [2.24, 2.45) is 11.7 Å². The predicted octanol–water partition coefficient (Wildman–Crippen LogP) is 3.48. The van der Waals surface area contributed by atoms with Crippen LogP contribution in [0.3, 0.4) is 0 Å². The monoisotopic (exact) mass is 353 g/mol. The molecule has 1 aliphatic rings. The number of benzene rings is 2. The Balaban J connectivity index is 1.51. The molecule has 2 aromatic carbocycles. The van der Waals surface area contributed by atoms with Gasteiger partial charge in [0.15, 0.2) is 0 Å². The van der Waals surface area contributed by atoms with Gasteiger partial charge in [0.25, 0.3) is 0 Å². The summed E-state index contributed by atoms with van der Waals surface area (Å²) in [5, 5.41) is 1.16. The van der Waals surface area contributed by atoms with E-state index in [-0.39, 0.29) is 0 Å². The van der Waals surface area contributed by atoms with Crippen molar-refractivity contribution >= 4 is 21.6 Å². The molecule has 1 fully saturated rings. The van der Waals surface area contributed by atoms with Crippen LogP contribution in [0.5, 0.6) is 5.75 Å². The molecular formula is C20H23N3OS. The molecule has 4 rings (SSSR count). The van der Waals surface area contributed by atoms with Crippen molar-refractivity contribution in [2.75, 3.05) is 26.7 Å². The van der Waals surface area contributed by atoms with Crippen LogP contribution in [-0.4, -0.2) is 36.6 Å². The maximum atomic E-state index is 6.06. The van der Waals surface area contributed by atoms with Crippen LogP contribution >= 0.6 is 11.3 Å². The highest BCUT2D eigenvalue weighted by atomic mass is 32.1. The quantitative estimate of drug-likeness (QED) is 0.763. The third kappa shape index (κ3) is 3.40. The molecule has 2 heterocycles. The van der Waals surface area contributed by atoms with E-state index in [1.807, 2.05) is 12.1 Å². The highest BCUT2D eigenvalue weighted by Crippen LogP contribution is 2.34. The summed E-state index contributed by atoms with van der Waals surface area (Å²) in [6.45, 7) is 3.70. The molecule has 1 saturated heterocycles. The summed E-state index contributed by atoms with van der Waals surface area (Å²) in [5.41, 5.74) is 8.51. The van der Waals surface area contributed by atoms with Gasteiger partial charge in [0, 0.05) is 19.0 Å². The summed E-state index contributed by atoms with van der Waals surface area (Å²) in [6.07, 6.45) is 0. The average molecular weight is 353 g/mol. The molecule has 1 aliphatic heterocycles. The van der Waals surface area contributed by atoms with Crippen molar-refractivity contribution in [1.82, 2.24) is 9.88 Å². The van der Waals surface area contributed by atoms with Gasteiger partial charge in [-0.05, 0) is 36.2 Å². The molecule has 3 aromatic rings. The number of methoxy groups -OCH3 is 1. The van der Waals surface area contributed by atoms with Crippen LogP contribution in [0.25, 0.3) is 10.2 Å². The fraction of sp³-hybridized carbons (Fsp3) is 0.350. The fourth-order valence-electron chi connectivity index (χ4n) is 3.74. The Morgan fingerprint density at radius 3 is 2.80 bits per heavy atom. The first-order valence-electron chi connectivity index (χ1n) is 8.67. The van der Waals surface area contributed by atoms with E-state index in [0.29, 0.717) is 11.8 Å². The number of fused-ring (bicyclic) bond motifs is 1. The van der Waals surface area contributed by atoms with Gasteiger partial charge in [-0.2, -0.15) is 0 Å². The van der Waals surface area contributed by atoms with Crippen molar-refractivity contribution < 1.29 is 4.74 Å². The van der Waals surface area contributed by atoms with E-state index in [2.05, 4.69) is 41.3 Å². The van der Waals surface area contributed by atoms with E-state index < -0.39 is 0 Å². The molecule has 0 bridgehead atoms. The van der Waals surface area contributed by atoms with E-state index in [1.165, 1.54) is 10.3 Å². The lowest BCUT2D eigenvalue weighted by molar-refractivity contribution is 0.316. The molecule has 4 nitrogen and oxygen atoms in total. The molecule has 130 valence electrons. The van der Waals surface area contributed by atoms with Crippen LogP contribution < -0.4 is 10.5 Å². The lowest BCUT2D eigenvalue weighted by atomic mass is 9.89. The molecule has 1 aromatic heterocycles. The lowest BCUT2D eigenvalue weighted by Crippen LogP contribution is -2.23. The van der Waals surface area contributed by atoms with E-state index >= 15 is 0 Å². The van der Waals surface area contributed by atoms with E-state index in [0.717, 1.165) is 42.5 Å². The van der Waals surface area contributed by atoms with Gasteiger partial charge in [0.05, 0.1) is 23.9 Å². The standard InChI is InChI=1S/C20H23N3OS/c1-24-16-7-8-18-19(9-16)25-20(22-18)13-23-11-15(10-21)17(12-23)14-5-3-2-4-6-14/h2-9,15,17H,10-13,21H2,1H3/t15-,17+/m1/s1. The number of hydrogen-bond acceptors (Lipinski definition) is 5. The first-order valence-corrected chi connectivity index (χ1v) is 9.49. The van der Waals surface area contributed by atoms with Gasteiger partial charge in [-0.25, -0.2) is 4.98 Å². The summed E-state index contributed by atoms with van der Waals surface area (Å²) in [7, 11) is 1.70. The van der Waals surface area contributed by atoms with Crippen molar-refractivity contribution in [3.63, 3.8) is 0 Å². The van der Waals surface area contributed by atoms with Crippen molar-refractivity contribution in [1.29, 1.82) is 0 Å². The minimum atomic E-state index is 0.511. The van der Waals surface area contributed by atoms with Crippen LogP contribution in [0.4, 0.5) is 0 Å². The van der Waals surface area contributed by atoms with Gasteiger partial charge in [-0.3, -0.25) is 4.90 Å². The third-order valence-electron chi connectivity index (χ3n) is 5.05. The molecule has 5 heteroatoms. The number of hydrogen-bond donors (Lipinski definition) is 1. The first-order chi connectivity index (χ1) is 12.3. The number of likely N-dealkylation sites (tertiary alicyclic amines) is 1. The normalized spacial score (nSPS) is 21.0. The molecule has 0 unspecified atom stereocenters. The van der Waals surface area contributed by atoms with Crippen molar-refractivity contribution in [2.45, 2.75) is 12.5 Å². The van der Waals surface area contributed by atoms with Crippen molar-refractivity contribution in [3.05, 3.63) is 59.1 Å². The Bertz CT molecular complexity index is 849. The van der Waals surface area contributed by atoms with Gasteiger partial charge in [0.1, 0.15) is 10.8 Å². The summed E-state index contributed by atoms with van der Waals surface area (Å²) in [5.74, 6) is 1.91. The summed E-state index contributed by atoms with van der Waals surface area (Å²) < 4.78 is 6.50. The molecule has 0 aliphatic carbocycles. The highest BCUT2D eigenvalue weighted by molar-refractivity contribution is 7.18. The zero-order valence-electron chi connectivity index (χ0n) is 14.4. The van der Waals surface area contributed by atoms with Gasteiger partial charge in [0.2, 0.25) is 0 Å². The predicted molar refractivity (Wildman–Crippen MR) is 103 cm³/mol. The van der Waals surface area contributed by atoms with E-state index in [4.69, 9.17) is 15.5 Å². The SMILES string of the molecule is COc1ccc2nc(CN3C[C@@H](CN)[C@H](c4ccccc4)C3)sc2c1. The Morgan fingerprint density at radius 1 is 1.20 bits per heavy atom. The van der Waals surface area contributed by atoms with Crippen LogP contribution in [0.1, 0.15) is 16.5 Å². The number of nitrogens with two attached hydrogens (primary N) is 1. The number of nitrogens with zero attached hydrogens (tertiary/aromatic N) is 2. The lowest BCUT2D eigenvalue weighted by Gasteiger charge is -2.16. The summed E-state index contributed by atoms with van der Waals surface area (Å²) >= 11 is 1.76. The average Bonchev–Trinajstić information content (AvgIpc) is 3.25. The Hall–Kier alpha value is -1.95. The minimum Gasteiger partial charge on any atom is -0.497 e. The number of aromatic nitrogens is 1. The molecule has 2 N–H and O–H groups in total. The van der Waals surface area contributed by atoms with Gasteiger partial charge in [-0.15, -0.1) is 11.3 Å². The molecule has 2 atom stereocenters. The van der Waals surface area contributed by atoms with E-state index in [1.54, 1.807) is 18.4 Å². The zero-order chi connectivity index (χ0) is 17.2. The topological polar surface area (TPSA) is 51.4 Å². The summed E-state index contributed by atoms with van der Waals surface area (Å²) in [4.78, 5) is 7.28. The smallest absolute Gasteiger partial charge is 0.120 e. The largest absolute Gasteiger partial charge is 0.497 e. The summed E-state index contributed by atoms with van der Waals surface area (Å²) in [6, 6.07) is 16.8. The molecular weight excluding hydrogens is 330 g/mol. The second-order valence-corrected chi connectivity index (χ2v) is 7.76. The molecule has 25 heavy (non-hydrogen) atoms. The second kappa shape index (κ2) is 7.12. The molecule has 0 radical (unpaired) electrons. The maximum Gasteiger partial charge on any atom is 0.120 e. The van der Waals surface area contributed by atoms with Crippen LogP contribution in [-0.2, 0) is 6.54 Å². The second-order valence-electron chi connectivity index (χ2n) is 6.65. The third-order valence-corrected chi connectivity index (χ3v) is 6.05. The minimum absolute atomic E-state index is 0.511.